The second-order valence-electron chi connectivity index (χ2n) is 6.69. The minimum Gasteiger partial charge on any atom is -0.489 e. The summed E-state index contributed by atoms with van der Waals surface area (Å²) >= 11 is 0. The molecule has 0 aromatic heterocycles. The Hall–Kier alpha value is -1.02. The Morgan fingerprint density at radius 1 is 1.14 bits per heavy atom. The first-order chi connectivity index (χ1) is 10.3. The lowest BCUT2D eigenvalue weighted by molar-refractivity contribution is 0.0856. The van der Waals surface area contributed by atoms with Gasteiger partial charge < -0.3 is 10.1 Å². The molecule has 0 radical (unpaired) electrons. The molecule has 2 nitrogen and oxygen atoms in total. The minimum atomic E-state index is 0.336. The van der Waals surface area contributed by atoms with Crippen LogP contribution in [-0.4, -0.2) is 18.7 Å². The van der Waals surface area contributed by atoms with E-state index in [0.29, 0.717) is 12.1 Å². The Bertz CT molecular complexity index is 471. The second kappa shape index (κ2) is 6.83. The molecule has 1 saturated carbocycles. The molecule has 1 aromatic carbocycles. The quantitative estimate of drug-likeness (QED) is 0.880. The van der Waals surface area contributed by atoms with E-state index in [9.17, 15) is 0 Å². The summed E-state index contributed by atoms with van der Waals surface area (Å²) in [6.45, 7) is 5.54. The van der Waals surface area contributed by atoms with Gasteiger partial charge in [-0.05, 0) is 74.2 Å². The van der Waals surface area contributed by atoms with Crippen LogP contribution in [0.15, 0.2) is 18.2 Å². The van der Waals surface area contributed by atoms with E-state index in [1.807, 2.05) is 0 Å². The molecular formula is C19H29NO. The van der Waals surface area contributed by atoms with Crippen LogP contribution >= 0.6 is 0 Å². The summed E-state index contributed by atoms with van der Waals surface area (Å²) in [6.07, 6.45) is 9.19. The number of ether oxygens (including phenoxy) is 1. The van der Waals surface area contributed by atoms with E-state index in [0.717, 1.165) is 18.2 Å². The van der Waals surface area contributed by atoms with E-state index in [2.05, 4.69) is 37.4 Å². The molecule has 3 unspecified atom stereocenters. The van der Waals surface area contributed by atoms with Gasteiger partial charge in [-0.1, -0.05) is 26.3 Å². The highest BCUT2D eigenvalue weighted by Gasteiger charge is 2.31. The maximum absolute atomic E-state index is 6.42. The fourth-order valence-electron chi connectivity index (χ4n) is 4.00. The smallest absolute Gasteiger partial charge is 0.120 e. The highest BCUT2D eigenvalue weighted by molar-refractivity contribution is 5.38. The van der Waals surface area contributed by atoms with Crippen molar-refractivity contribution in [3.63, 3.8) is 0 Å². The number of aryl methyl sites for hydroxylation is 2. The standard InChI is InChI=1S/C19H29NO/c1-3-14-8-11-18(20-4-2)19(12-14)21-17-10-9-15-6-5-7-16(15)13-17/h9-10,13-14,18-20H,3-8,11-12H2,1-2H3. The third kappa shape index (κ3) is 3.42. The molecule has 3 rings (SSSR count). The van der Waals surface area contributed by atoms with Crippen LogP contribution in [0, 0.1) is 5.92 Å². The van der Waals surface area contributed by atoms with Crippen LogP contribution in [0.25, 0.3) is 0 Å². The predicted molar refractivity (Wildman–Crippen MR) is 88.0 cm³/mol. The van der Waals surface area contributed by atoms with Crippen molar-refractivity contribution in [3.8, 4) is 5.75 Å². The van der Waals surface area contributed by atoms with Crippen LogP contribution in [0.3, 0.4) is 0 Å². The van der Waals surface area contributed by atoms with Gasteiger partial charge in [-0.15, -0.1) is 0 Å². The van der Waals surface area contributed by atoms with Gasteiger partial charge in [0.15, 0.2) is 0 Å². The van der Waals surface area contributed by atoms with Crippen LogP contribution in [-0.2, 0) is 12.8 Å². The van der Waals surface area contributed by atoms with Crippen LogP contribution in [0.1, 0.15) is 57.1 Å². The van der Waals surface area contributed by atoms with Crippen molar-refractivity contribution in [2.75, 3.05) is 6.54 Å². The molecule has 0 heterocycles. The Labute approximate surface area is 129 Å². The highest BCUT2D eigenvalue weighted by atomic mass is 16.5. The first-order valence-electron chi connectivity index (χ1n) is 8.82. The SMILES string of the molecule is CCNC1CCC(CC)CC1Oc1ccc2c(c1)CCC2. The third-order valence-electron chi connectivity index (χ3n) is 5.30. The Morgan fingerprint density at radius 2 is 2.00 bits per heavy atom. The van der Waals surface area contributed by atoms with Crippen molar-refractivity contribution in [1.82, 2.24) is 5.32 Å². The molecule has 2 aliphatic rings. The Kier molecular flexibility index (Phi) is 4.84. The summed E-state index contributed by atoms with van der Waals surface area (Å²) in [7, 11) is 0. The molecule has 2 aliphatic carbocycles. The summed E-state index contributed by atoms with van der Waals surface area (Å²) in [5.41, 5.74) is 3.04. The van der Waals surface area contributed by atoms with Crippen molar-refractivity contribution < 1.29 is 4.74 Å². The monoisotopic (exact) mass is 287 g/mol. The Morgan fingerprint density at radius 3 is 2.81 bits per heavy atom. The topological polar surface area (TPSA) is 21.3 Å². The fraction of sp³-hybridized carbons (Fsp3) is 0.684. The van der Waals surface area contributed by atoms with Gasteiger partial charge in [0.25, 0.3) is 0 Å². The van der Waals surface area contributed by atoms with Crippen molar-refractivity contribution in [2.45, 2.75) is 70.9 Å². The van der Waals surface area contributed by atoms with Gasteiger partial charge in [0.1, 0.15) is 11.9 Å². The molecule has 0 spiro atoms. The number of fused-ring (bicyclic) bond motifs is 1. The number of nitrogens with one attached hydrogen (secondary N) is 1. The fourth-order valence-corrected chi connectivity index (χ4v) is 4.00. The number of hydrogen-bond acceptors (Lipinski definition) is 2. The molecule has 2 heteroatoms. The molecule has 0 saturated heterocycles. The lowest BCUT2D eigenvalue weighted by Crippen LogP contribution is -2.47. The number of rotatable bonds is 5. The van der Waals surface area contributed by atoms with Crippen LogP contribution in [0.4, 0.5) is 0 Å². The zero-order valence-corrected chi connectivity index (χ0v) is 13.5. The molecule has 0 amide bonds. The third-order valence-corrected chi connectivity index (χ3v) is 5.30. The van der Waals surface area contributed by atoms with Gasteiger partial charge in [-0.25, -0.2) is 0 Å². The lowest BCUT2D eigenvalue weighted by Gasteiger charge is -2.36. The average molecular weight is 287 g/mol. The Balaban J connectivity index is 1.70. The average Bonchev–Trinajstić information content (AvgIpc) is 2.97. The summed E-state index contributed by atoms with van der Waals surface area (Å²) in [4.78, 5) is 0. The predicted octanol–water partition coefficient (Wildman–Crippen LogP) is 4.11. The first kappa shape index (κ1) is 14.9. The normalized spacial score (nSPS) is 28.4. The molecule has 0 bridgehead atoms. The second-order valence-corrected chi connectivity index (χ2v) is 6.69. The molecule has 1 aromatic rings. The molecule has 21 heavy (non-hydrogen) atoms. The molecule has 1 N–H and O–H groups in total. The van der Waals surface area contributed by atoms with Gasteiger partial charge in [0.2, 0.25) is 0 Å². The summed E-state index contributed by atoms with van der Waals surface area (Å²) in [5, 5.41) is 3.63. The lowest BCUT2D eigenvalue weighted by atomic mass is 9.82. The molecule has 0 aliphatic heterocycles. The molecular weight excluding hydrogens is 258 g/mol. The largest absolute Gasteiger partial charge is 0.489 e. The van der Waals surface area contributed by atoms with Crippen molar-refractivity contribution in [3.05, 3.63) is 29.3 Å². The molecule has 3 atom stereocenters. The number of likely N-dealkylation sites (N-methyl/N-ethyl adjacent to an activating group) is 1. The number of benzene rings is 1. The van der Waals surface area contributed by atoms with Crippen molar-refractivity contribution in [1.29, 1.82) is 0 Å². The van der Waals surface area contributed by atoms with Crippen molar-refractivity contribution >= 4 is 0 Å². The summed E-state index contributed by atoms with van der Waals surface area (Å²) < 4.78 is 6.42. The first-order valence-corrected chi connectivity index (χ1v) is 8.82. The van der Waals surface area contributed by atoms with E-state index in [-0.39, 0.29) is 0 Å². The summed E-state index contributed by atoms with van der Waals surface area (Å²) in [6, 6.07) is 7.27. The van der Waals surface area contributed by atoms with Gasteiger partial charge in [-0.3, -0.25) is 0 Å². The zero-order chi connectivity index (χ0) is 14.7. The minimum absolute atomic E-state index is 0.336. The van der Waals surface area contributed by atoms with Gasteiger partial charge in [-0.2, -0.15) is 0 Å². The zero-order valence-electron chi connectivity index (χ0n) is 13.5. The maximum atomic E-state index is 6.42. The highest BCUT2D eigenvalue weighted by Crippen LogP contribution is 2.32. The van der Waals surface area contributed by atoms with Gasteiger partial charge in [0.05, 0.1) is 0 Å². The summed E-state index contributed by atoms with van der Waals surface area (Å²) in [5.74, 6) is 1.92. The van der Waals surface area contributed by atoms with Crippen LogP contribution < -0.4 is 10.1 Å². The van der Waals surface area contributed by atoms with E-state index < -0.39 is 0 Å². The number of hydrogen-bond donors (Lipinski definition) is 1. The maximum Gasteiger partial charge on any atom is 0.120 e. The van der Waals surface area contributed by atoms with Crippen molar-refractivity contribution in [2.24, 2.45) is 5.92 Å². The van der Waals surface area contributed by atoms with E-state index >= 15 is 0 Å². The van der Waals surface area contributed by atoms with Gasteiger partial charge in [0, 0.05) is 6.04 Å². The van der Waals surface area contributed by atoms with E-state index in [1.54, 1.807) is 0 Å². The van der Waals surface area contributed by atoms with Gasteiger partial charge >= 0.3 is 0 Å². The van der Waals surface area contributed by atoms with E-state index in [4.69, 9.17) is 4.74 Å². The molecule has 116 valence electrons. The van der Waals surface area contributed by atoms with Crippen LogP contribution in [0.5, 0.6) is 5.75 Å². The molecule has 1 fully saturated rings. The van der Waals surface area contributed by atoms with Crippen LogP contribution in [0.2, 0.25) is 0 Å². The van der Waals surface area contributed by atoms with E-state index in [1.165, 1.54) is 56.1 Å².